The Morgan fingerprint density at radius 2 is 1.85 bits per heavy atom. The monoisotopic (exact) mass is 364 g/mol. The quantitative estimate of drug-likeness (QED) is 0.757. The summed E-state index contributed by atoms with van der Waals surface area (Å²) in [6, 6.07) is 12.6. The molecule has 4 rings (SSSR count). The van der Waals surface area contributed by atoms with Crippen molar-refractivity contribution >= 4 is 16.7 Å². The molecule has 1 aromatic carbocycles. The molecule has 0 unspecified atom stereocenters. The molecule has 1 N–H and O–H groups in total. The first-order chi connectivity index (χ1) is 13.1. The molecule has 0 atom stereocenters. The van der Waals surface area contributed by atoms with Crippen LogP contribution < -0.4 is 5.56 Å². The zero-order valence-electron chi connectivity index (χ0n) is 14.8. The van der Waals surface area contributed by atoms with Crippen molar-refractivity contribution in [2.75, 3.05) is 13.1 Å². The van der Waals surface area contributed by atoms with Crippen molar-refractivity contribution in [1.82, 2.24) is 19.7 Å². The van der Waals surface area contributed by atoms with Crippen LogP contribution in [0.5, 0.6) is 0 Å². The number of hydrogen-bond donors (Lipinski definition) is 1. The number of benzene rings is 1. The van der Waals surface area contributed by atoms with E-state index >= 15 is 0 Å². The molecule has 0 aliphatic carbocycles. The van der Waals surface area contributed by atoms with Crippen LogP contribution in [0.4, 0.5) is 0 Å². The minimum absolute atomic E-state index is 0.105. The summed E-state index contributed by atoms with van der Waals surface area (Å²) in [5, 5.41) is 16.2. The lowest BCUT2D eigenvalue weighted by Gasteiger charge is -2.37. The van der Waals surface area contributed by atoms with Crippen LogP contribution in [0.25, 0.3) is 10.8 Å². The van der Waals surface area contributed by atoms with Crippen LogP contribution in [-0.2, 0) is 16.9 Å². The Kier molecular flexibility index (Phi) is 4.45. The summed E-state index contributed by atoms with van der Waals surface area (Å²) in [4.78, 5) is 31.1. The molecule has 0 radical (unpaired) electrons. The smallest absolute Gasteiger partial charge is 0.275 e. The van der Waals surface area contributed by atoms with Crippen molar-refractivity contribution in [3.05, 3.63) is 70.9 Å². The van der Waals surface area contributed by atoms with Crippen LogP contribution in [0.15, 0.2) is 59.7 Å². The fourth-order valence-corrected chi connectivity index (χ4v) is 3.49. The number of piperidine rings is 1. The first-order valence-corrected chi connectivity index (χ1v) is 8.93. The molecule has 0 spiro atoms. The number of carbonyl (C=O) groups excluding carboxylic acids is 1. The molecule has 7 nitrogen and oxygen atoms in total. The molecular weight excluding hydrogens is 344 g/mol. The van der Waals surface area contributed by atoms with Gasteiger partial charge in [0.2, 0.25) is 5.91 Å². The minimum atomic E-state index is -1.02. The van der Waals surface area contributed by atoms with Crippen molar-refractivity contribution in [3.8, 4) is 0 Å². The van der Waals surface area contributed by atoms with Gasteiger partial charge in [0.1, 0.15) is 12.1 Å². The maximum atomic E-state index is 12.6. The molecule has 7 heteroatoms. The van der Waals surface area contributed by atoms with E-state index in [-0.39, 0.29) is 18.0 Å². The van der Waals surface area contributed by atoms with Crippen LogP contribution in [0.3, 0.4) is 0 Å². The molecule has 2 aromatic heterocycles. The summed E-state index contributed by atoms with van der Waals surface area (Å²) in [6.45, 7) is 0.716. The molecule has 138 valence electrons. The Labute approximate surface area is 155 Å². The van der Waals surface area contributed by atoms with Gasteiger partial charge >= 0.3 is 0 Å². The molecule has 3 aromatic rings. The van der Waals surface area contributed by atoms with Crippen molar-refractivity contribution in [2.45, 2.75) is 25.0 Å². The Hall–Kier alpha value is -3.06. The Morgan fingerprint density at radius 1 is 1.11 bits per heavy atom. The fraction of sp³-hybridized carbons (Fsp3) is 0.300. The molecule has 3 heterocycles. The number of amides is 1. The maximum absolute atomic E-state index is 12.6. The van der Waals surface area contributed by atoms with Crippen LogP contribution in [0.2, 0.25) is 0 Å². The first-order valence-electron chi connectivity index (χ1n) is 8.93. The summed E-state index contributed by atoms with van der Waals surface area (Å²) in [7, 11) is 0. The standard InChI is InChI=1S/C20H20N4O3/c25-18(14-24-19(26)16-6-2-1-5-15(16)13-22-24)23-11-8-20(27,9-12-23)17-7-3-4-10-21-17/h1-7,10,13,27H,8-9,11-12,14H2. The van der Waals surface area contributed by atoms with Gasteiger partial charge < -0.3 is 10.0 Å². The summed E-state index contributed by atoms with van der Waals surface area (Å²) in [6.07, 6.45) is 4.08. The van der Waals surface area contributed by atoms with E-state index in [1.807, 2.05) is 18.2 Å². The van der Waals surface area contributed by atoms with E-state index in [2.05, 4.69) is 10.1 Å². The zero-order chi connectivity index (χ0) is 18.9. The van der Waals surface area contributed by atoms with E-state index in [1.54, 1.807) is 41.6 Å². The maximum Gasteiger partial charge on any atom is 0.275 e. The summed E-state index contributed by atoms with van der Waals surface area (Å²) in [5.74, 6) is -0.178. The number of aliphatic hydroxyl groups is 1. The number of fused-ring (bicyclic) bond motifs is 1. The SMILES string of the molecule is O=C(Cn1ncc2ccccc2c1=O)N1CCC(O)(c2ccccn2)CC1. The molecule has 1 aliphatic heterocycles. The van der Waals surface area contributed by atoms with Crippen molar-refractivity contribution in [2.24, 2.45) is 0 Å². The average Bonchev–Trinajstić information content (AvgIpc) is 2.71. The lowest BCUT2D eigenvalue weighted by Crippen LogP contribution is -2.47. The number of rotatable bonds is 3. The summed E-state index contributed by atoms with van der Waals surface area (Å²) >= 11 is 0. The van der Waals surface area contributed by atoms with Crippen LogP contribution >= 0.6 is 0 Å². The molecule has 27 heavy (non-hydrogen) atoms. The predicted molar refractivity (Wildman–Crippen MR) is 100.0 cm³/mol. The molecule has 1 saturated heterocycles. The normalized spacial score (nSPS) is 16.4. The van der Waals surface area contributed by atoms with Gasteiger partial charge in [0.05, 0.1) is 17.3 Å². The van der Waals surface area contributed by atoms with Gasteiger partial charge in [0.15, 0.2) is 0 Å². The third kappa shape index (κ3) is 3.33. The molecular formula is C20H20N4O3. The summed E-state index contributed by atoms with van der Waals surface area (Å²) in [5.41, 5.74) is -0.663. The highest BCUT2D eigenvalue weighted by Gasteiger charge is 2.36. The number of pyridine rings is 1. The van der Waals surface area contributed by atoms with Gasteiger partial charge in [-0.3, -0.25) is 14.6 Å². The van der Waals surface area contributed by atoms with E-state index in [9.17, 15) is 14.7 Å². The number of aromatic nitrogens is 3. The highest BCUT2D eigenvalue weighted by Crippen LogP contribution is 2.31. The largest absolute Gasteiger partial charge is 0.383 e. The van der Waals surface area contributed by atoms with E-state index in [4.69, 9.17) is 0 Å². The second kappa shape index (κ2) is 6.92. The predicted octanol–water partition coefficient (Wildman–Crippen LogP) is 1.30. The molecule has 1 fully saturated rings. The Balaban J connectivity index is 1.46. The second-order valence-electron chi connectivity index (χ2n) is 6.82. The average molecular weight is 364 g/mol. The van der Waals surface area contributed by atoms with Gasteiger partial charge in [0, 0.05) is 24.7 Å². The van der Waals surface area contributed by atoms with Gasteiger partial charge in [-0.15, -0.1) is 0 Å². The fourth-order valence-electron chi connectivity index (χ4n) is 3.49. The van der Waals surface area contributed by atoms with E-state index in [0.29, 0.717) is 37.0 Å². The number of hydrogen-bond acceptors (Lipinski definition) is 5. The van der Waals surface area contributed by atoms with E-state index in [1.165, 1.54) is 4.68 Å². The molecule has 1 aliphatic rings. The van der Waals surface area contributed by atoms with E-state index < -0.39 is 5.60 Å². The van der Waals surface area contributed by atoms with Gasteiger partial charge in [-0.1, -0.05) is 24.3 Å². The third-order valence-corrected chi connectivity index (χ3v) is 5.13. The zero-order valence-corrected chi connectivity index (χ0v) is 14.8. The second-order valence-corrected chi connectivity index (χ2v) is 6.82. The van der Waals surface area contributed by atoms with Crippen molar-refractivity contribution in [1.29, 1.82) is 0 Å². The van der Waals surface area contributed by atoms with Crippen LogP contribution in [-0.4, -0.2) is 43.8 Å². The highest BCUT2D eigenvalue weighted by atomic mass is 16.3. The first kappa shape index (κ1) is 17.4. The van der Waals surface area contributed by atoms with Gasteiger partial charge in [-0.05, 0) is 31.0 Å². The lowest BCUT2D eigenvalue weighted by molar-refractivity contribution is -0.136. The lowest BCUT2D eigenvalue weighted by atomic mass is 9.88. The highest BCUT2D eigenvalue weighted by molar-refractivity contribution is 5.81. The van der Waals surface area contributed by atoms with Crippen LogP contribution in [0.1, 0.15) is 18.5 Å². The molecule has 0 bridgehead atoms. The number of likely N-dealkylation sites (tertiary alicyclic amines) is 1. The topological polar surface area (TPSA) is 88.3 Å². The van der Waals surface area contributed by atoms with Crippen molar-refractivity contribution in [3.63, 3.8) is 0 Å². The van der Waals surface area contributed by atoms with Gasteiger partial charge in [-0.2, -0.15) is 5.10 Å². The minimum Gasteiger partial charge on any atom is -0.383 e. The van der Waals surface area contributed by atoms with Gasteiger partial charge in [-0.25, -0.2) is 4.68 Å². The Morgan fingerprint density at radius 3 is 2.59 bits per heavy atom. The molecule has 0 saturated carbocycles. The van der Waals surface area contributed by atoms with Crippen LogP contribution in [0, 0.1) is 0 Å². The van der Waals surface area contributed by atoms with E-state index in [0.717, 1.165) is 5.39 Å². The summed E-state index contributed by atoms with van der Waals surface area (Å²) < 4.78 is 1.20. The Bertz CT molecular complexity index is 1020. The number of carbonyl (C=O) groups is 1. The third-order valence-electron chi connectivity index (χ3n) is 5.13. The number of nitrogens with zero attached hydrogens (tertiary/aromatic N) is 4. The van der Waals surface area contributed by atoms with Crippen molar-refractivity contribution < 1.29 is 9.90 Å². The van der Waals surface area contributed by atoms with Gasteiger partial charge in [0.25, 0.3) is 5.56 Å². The molecule has 1 amide bonds.